The number of hydrogen-bond acceptors (Lipinski definition) is 2. The van der Waals surface area contributed by atoms with E-state index in [1.807, 2.05) is 36.4 Å². The molecule has 21 heavy (non-hydrogen) atoms. The van der Waals surface area contributed by atoms with E-state index in [1.54, 1.807) is 7.11 Å². The van der Waals surface area contributed by atoms with Crippen molar-refractivity contribution in [1.82, 2.24) is 4.72 Å². The zero-order valence-electron chi connectivity index (χ0n) is 12.3. The SMILES string of the molecule is COc1ccc2ccccc2c1[S@@](=O)NC1CCCCC1. The van der Waals surface area contributed by atoms with Crippen LogP contribution < -0.4 is 9.46 Å². The average molecular weight is 303 g/mol. The smallest absolute Gasteiger partial charge is 0.137 e. The van der Waals surface area contributed by atoms with Gasteiger partial charge < -0.3 is 4.74 Å². The fraction of sp³-hybridized carbons (Fsp3) is 0.412. The lowest BCUT2D eigenvalue weighted by atomic mass is 9.96. The Bertz CT molecular complexity index is 650. The number of hydrogen-bond donors (Lipinski definition) is 1. The predicted molar refractivity (Wildman–Crippen MR) is 86.9 cm³/mol. The topological polar surface area (TPSA) is 38.3 Å². The Hall–Kier alpha value is -1.39. The molecule has 0 aromatic heterocycles. The van der Waals surface area contributed by atoms with Crippen LogP contribution in [0, 0.1) is 0 Å². The molecule has 1 N–H and O–H groups in total. The summed E-state index contributed by atoms with van der Waals surface area (Å²) in [6.07, 6.45) is 5.96. The molecule has 0 amide bonds. The van der Waals surface area contributed by atoms with E-state index in [-0.39, 0.29) is 0 Å². The van der Waals surface area contributed by atoms with Crippen molar-refractivity contribution in [3.63, 3.8) is 0 Å². The molecule has 1 aliphatic carbocycles. The first-order valence-corrected chi connectivity index (χ1v) is 8.68. The van der Waals surface area contributed by atoms with Crippen LogP contribution in [0.1, 0.15) is 32.1 Å². The van der Waals surface area contributed by atoms with E-state index < -0.39 is 11.0 Å². The third-order valence-corrected chi connectivity index (χ3v) is 5.47. The highest BCUT2D eigenvalue weighted by Crippen LogP contribution is 2.31. The maximum absolute atomic E-state index is 12.8. The molecule has 4 heteroatoms. The molecular weight excluding hydrogens is 282 g/mol. The number of benzene rings is 2. The minimum absolute atomic E-state index is 0.350. The van der Waals surface area contributed by atoms with Gasteiger partial charge in [0.25, 0.3) is 0 Å². The van der Waals surface area contributed by atoms with E-state index in [2.05, 4.69) is 4.72 Å². The van der Waals surface area contributed by atoms with Crippen molar-refractivity contribution >= 4 is 21.8 Å². The number of rotatable bonds is 4. The lowest BCUT2D eigenvalue weighted by Crippen LogP contribution is -2.32. The Morgan fingerprint density at radius 2 is 1.86 bits per heavy atom. The van der Waals surface area contributed by atoms with Gasteiger partial charge in [-0.05, 0) is 24.3 Å². The molecule has 0 heterocycles. The Balaban J connectivity index is 1.95. The molecule has 3 rings (SSSR count). The summed E-state index contributed by atoms with van der Waals surface area (Å²) in [5, 5.41) is 2.09. The predicted octanol–water partition coefficient (Wildman–Crippen LogP) is 3.79. The highest BCUT2D eigenvalue weighted by atomic mass is 32.2. The van der Waals surface area contributed by atoms with Gasteiger partial charge in [0.2, 0.25) is 0 Å². The van der Waals surface area contributed by atoms with Gasteiger partial charge >= 0.3 is 0 Å². The van der Waals surface area contributed by atoms with Crippen LogP contribution in [0.3, 0.4) is 0 Å². The molecule has 1 atom stereocenters. The molecular formula is C17H21NO2S. The van der Waals surface area contributed by atoms with Crippen LogP contribution in [0.25, 0.3) is 10.8 Å². The summed E-state index contributed by atoms with van der Waals surface area (Å²) >= 11 is 0. The number of ether oxygens (including phenoxy) is 1. The summed E-state index contributed by atoms with van der Waals surface area (Å²) in [6, 6.07) is 12.3. The van der Waals surface area contributed by atoms with Crippen LogP contribution in [0.2, 0.25) is 0 Å². The number of fused-ring (bicyclic) bond motifs is 1. The fourth-order valence-electron chi connectivity index (χ4n) is 3.01. The van der Waals surface area contributed by atoms with Gasteiger partial charge in [0.15, 0.2) is 0 Å². The average Bonchev–Trinajstić information content (AvgIpc) is 2.54. The number of methoxy groups -OCH3 is 1. The van der Waals surface area contributed by atoms with Crippen molar-refractivity contribution in [2.75, 3.05) is 7.11 Å². The van der Waals surface area contributed by atoms with E-state index >= 15 is 0 Å². The molecule has 112 valence electrons. The highest BCUT2D eigenvalue weighted by Gasteiger charge is 2.20. The Kier molecular flexibility index (Phi) is 4.56. The second kappa shape index (κ2) is 6.58. The van der Waals surface area contributed by atoms with Crippen LogP contribution in [0.15, 0.2) is 41.3 Å². The van der Waals surface area contributed by atoms with Crippen molar-refractivity contribution in [3.05, 3.63) is 36.4 Å². The van der Waals surface area contributed by atoms with Crippen molar-refractivity contribution < 1.29 is 8.95 Å². The second-order valence-corrected chi connectivity index (χ2v) is 6.72. The summed E-state index contributed by atoms with van der Waals surface area (Å²) in [5.41, 5.74) is 0. The molecule has 1 fully saturated rings. The zero-order valence-corrected chi connectivity index (χ0v) is 13.1. The lowest BCUT2D eigenvalue weighted by molar-refractivity contribution is 0.402. The first-order valence-electron chi connectivity index (χ1n) is 7.53. The monoisotopic (exact) mass is 303 g/mol. The van der Waals surface area contributed by atoms with Gasteiger partial charge in [0.05, 0.1) is 7.11 Å². The van der Waals surface area contributed by atoms with Crippen LogP contribution in [0.4, 0.5) is 0 Å². The summed E-state index contributed by atoms with van der Waals surface area (Å²) < 4.78 is 21.6. The first kappa shape index (κ1) is 14.5. The molecule has 0 unspecified atom stereocenters. The maximum Gasteiger partial charge on any atom is 0.137 e. The summed E-state index contributed by atoms with van der Waals surface area (Å²) in [4.78, 5) is 0.765. The summed E-state index contributed by atoms with van der Waals surface area (Å²) in [5.74, 6) is 0.690. The van der Waals surface area contributed by atoms with E-state index in [9.17, 15) is 4.21 Å². The fourth-order valence-corrected chi connectivity index (χ4v) is 4.38. The normalized spacial score (nSPS) is 17.8. The Labute approximate surface area is 128 Å². The van der Waals surface area contributed by atoms with Crippen molar-refractivity contribution in [1.29, 1.82) is 0 Å². The third kappa shape index (κ3) is 3.11. The minimum atomic E-state index is -1.24. The maximum atomic E-state index is 12.8. The van der Waals surface area contributed by atoms with Crippen molar-refractivity contribution in [2.45, 2.75) is 43.0 Å². The lowest BCUT2D eigenvalue weighted by Gasteiger charge is -2.23. The van der Waals surface area contributed by atoms with Gasteiger partial charge in [0, 0.05) is 11.4 Å². The minimum Gasteiger partial charge on any atom is -0.495 e. The van der Waals surface area contributed by atoms with Gasteiger partial charge in [0.1, 0.15) is 21.6 Å². The largest absolute Gasteiger partial charge is 0.495 e. The van der Waals surface area contributed by atoms with Crippen LogP contribution in [-0.2, 0) is 11.0 Å². The van der Waals surface area contributed by atoms with Crippen LogP contribution in [0.5, 0.6) is 5.75 Å². The summed E-state index contributed by atoms with van der Waals surface area (Å²) in [6.45, 7) is 0. The van der Waals surface area contributed by atoms with Gasteiger partial charge in [-0.25, -0.2) is 8.93 Å². The second-order valence-electron chi connectivity index (χ2n) is 5.54. The van der Waals surface area contributed by atoms with E-state index in [0.29, 0.717) is 11.8 Å². The quantitative estimate of drug-likeness (QED) is 0.933. The molecule has 2 aromatic carbocycles. The molecule has 0 aliphatic heterocycles. The molecule has 0 bridgehead atoms. The van der Waals surface area contributed by atoms with Crippen LogP contribution in [-0.4, -0.2) is 17.4 Å². The zero-order chi connectivity index (χ0) is 14.7. The molecule has 0 saturated heterocycles. The van der Waals surface area contributed by atoms with E-state index in [1.165, 1.54) is 19.3 Å². The molecule has 3 nitrogen and oxygen atoms in total. The summed E-state index contributed by atoms with van der Waals surface area (Å²) in [7, 11) is 0.388. The van der Waals surface area contributed by atoms with E-state index in [4.69, 9.17) is 4.74 Å². The van der Waals surface area contributed by atoms with Crippen molar-refractivity contribution in [2.24, 2.45) is 0 Å². The van der Waals surface area contributed by atoms with Gasteiger partial charge in [-0.3, -0.25) is 0 Å². The first-order chi connectivity index (χ1) is 10.3. The molecule has 2 aromatic rings. The molecule has 1 aliphatic rings. The number of nitrogens with one attached hydrogen (secondary N) is 1. The highest BCUT2D eigenvalue weighted by molar-refractivity contribution is 7.83. The van der Waals surface area contributed by atoms with Crippen LogP contribution >= 0.6 is 0 Å². The van der Waals surface area contributed by atoms with Gasteiger partial charge in [-0.1, -0.05) is 49.6 Å². The van der Waals surface area contributed by atoms with E-state index in [0.717, 1.165) is 28.5 Å². The molecule has 1 saturated carbocycles. The molecule has 0 radical (unpaired) electrons. The Morgan fingerprint density at radius 1 is 1.10 bits per heavy atom. The Morgan fingerprint density at radius 3 is 2.62 bits per heavy atom. The van der Waals surface area contributed by atoms with Gasteiger partial charge in [-0.2, -0.15) is 0 Å². The van der Waals surface area contributed by atoms with Crippen molar-refractivity contribution in [3.8, 4) is 5.75 Å². The standard InChI is InChI=1S/C17H21NO2S/c1-20-16-12-11-13-7-5-6-10-15(13)17(16)21(19)18-14-8-3-2-4-9-14/h5-7,10-12,14,18H,2-4,8-9H2,1H3/t21-/m1/s1. The third-order valence-electron chi connectivity index (χ3n) is 4.13. The van der Waals surface area contributed by atoms with Gasteiger partial charge in [-0.15, -0.1) is 0 Å². The molecule has 0 spiro atoms.